The van der Waals surface area contributed by atoms with Gasteiger partial charge in [0.05, 0.1) is 11.3 Å². The van der Waals surface area contributed by atoms with E-state index in [2.05, 4.69) is 20.3 Å². The maximum atomic E-state index is 15.2. The number of carbonyl (C=O) groups is 1. The number of alkyl halides is 5. The van der Waals surface area contributed by atoms with E-state index in [1.807, 2.05) is 0 Å². The van der Waals surface area contributed by atoms with E-state index in [1.54, 1.807) is 0 Å². The van der Waals surface area contributed by atoms with E-state index in [-0.39, 0.29) is 37.6 Å². The molecule has 3 aromatic rings. The first-order valence-electron chi connectivity index (χ1n) is 11.5. The van der Waals surface area contributed by atoms with Gasteiger partial charge in [-0.15, -0.1) is 0 Å². The van der Waals surface area contributed by atoms with E-state index in [0.29, 0.717) is 6.07 Å². The Morgan fingerprint density at radius 1 is 1.03 bits per heavy atom. The summed E-state index contributed by atoms with van der Waals surface area (Å²) >= 11 is 0. The molecule has 0 spiro atoms. The van der Waals surface area contributed by atoms with E-state index < -0.39 is 65.1 Å². The lowest BCUT2D eigenvalue weighted by Gasteiger charge is -2.33. The summed E-state index contributed by atoms with van der Waals surface area (Å²) in [5.41, 5.74) is 2.98. The van der Waals surface area contributed by atoms with E-state index >= 15 is 8.78 Å². The second-order valence-electron chi connectivity index (χ2n) is 8.67. The maximum absolute atomic E-state index is 15.2. The molecule has 2 amide bonds. The number of pyridine rings is 1. The van der Waals surface area contributed by atoms with Crippen molar-refractivity contribution < 1.29 is 40.3 Å². The number of nitrogens with zero attached hydrogens (tertiary/aromatic N) is 4. The maximum Gasteiger partial charge on any atom is 0.433 e. The summed E-state index contributed by atoms with van der Waals surface area (Å²) in [5, 5.41) is 2.17. The second kappa shape index (κ2) is 10.9. The molecule has 0 radical (unpaired) electrons. The molecule has 1 aliphatic rings. The predicted octanol–water partition coefficient (Wildman–Crippen LogP) is 5.33. The number of benzene rings is 1. The van der Waals surface area contributed by atoms with Crippen molar-refractivity contribution in [2.75, 3.05) is 30.7 Å². The van der Waals surface area contributed by atoms with Gasteiger partial charge in [-0.2, -0.15) is 22.0 Å². The van der Waals surface area contributed by atoms with Gasteiger partial charge in [-0.05, 0) is 31.0 Å². The van der Waals surface area contributed by atoms with Gasteiger partial charge in [0, 0.05) is 31.3 Å². The molecule has 3 heterocycles. The largest absolute Gasteiger partial charge is 0.471 e. The first-order chi connectivity index (χ1) is 18.3. The highest BCUT2D eigenvalue weighted by Crippen LogP contribution is 2.38. The van der Waals surface area contributed by atoms with Crippen molar-refractivity contribution in [3.63, 3.8) is 0 Å². The van der Waals surface area contributed by atoms with Crippen LogP contribution >= 0.6 is 0 Å². The van der Waals surface area contributed by atoms with Crippen LogP contribution in [-0.4, -0.2) is 45.6 Å². The molecule has 1 aromatic carbocycles. The Morgan fingerprint density at radius 2 is 1.67 bits per heavy atom. The Hall–Kier alpha value is -4.17. The number of likely N-dealkylation sites (tertiary alicyclic amines) is 1. The monoisotopic (exact) mass is 558 g/mol. The molecule has 15 heteroatoms. The van der Waals surface area contributed by atoms with Crippen LogP contribution in [0.15, 0.2) is 42.6 Å². The molecular formula is C24H21F7N6O2. The highest BCUT2D eigenvalue weighted by molar-refractivity contribution is 5.89. The smallest absolute Gasteiger partial charge is 0.433 e. The van der Waals surface area contributed by atoms with Crippen molar-refractivity contribution >= 4 is 17.7 Å². The second-order valence-corrected chi connectivity index (χ2v) is 8.67. The fourth-order valence-electron chi connectivity index (χ4n) is 4.06. The molecule has 0 atom stereocenters. The van der Waals surface area contributed by atoms with Crippen molar-refractivity contribution in [1.82, 2.24) is 19.9 Å². The van der Waals surface area contributed by atoms with Crippen LogP contribution in [0.3, 0.4) is 0 Å². The summed E-state index contributed by atoms with van der Waals surface area (Å²) in [6, 6.07) is 5.01. The van der Waals surface area contributed by atoms with Gasteiger partial charge in [-0.25, -0.2) is 28.5 Å². The lowest BCUT2D eigenvalue weighted by molar-refractivity contribution is -0.141. The van der Waals surface area contributed by atoms with E-state index in [0.717, 1.165) is 36.5 Å². The molecule has 1 fully saturated rings. The molecule has 0 aliphatic carbocycles. The highest BCUT2D eigenvalue weighted by Gasteiger charge is 2.40. The van der Waals surface area contributed by atoms with E-state index in [4.69, 9.17) is 10.5 Å². The third kappa shape index (κ3) is 6.46. The van der Waals surface area contributed by atoms with Crippen LogP contribution in [0, 0.1) is 11.6 Å². The number of nitrogens with one attached hydrogen (secondary N) is 1. The normalized spacial score (nSPS) is 14.8. The Kier molecular flexibility index (Phi) is 7.79. The minimum absolute atomic E-state index is 0.0478. The molecule has 0 bridgehead atoms. The Balaban J connectivity index is 1.45. The van der Waals surface area contributed by atoms with Crippen molar-refractivity contribution in [2.24, 2.45) is 0 Å². The molecule has 0 unspecified atom stereocenters. The molecule has 4 rings (SSSR count). The van der Waals surface area contributed by atoms with Gasteiger partial charge >= 0.3 is 18.1 Å². The summed E-state index contributed by atoms with van der Waals surface area (Å²) in [5.74, 6) is -7.17. The molecule has 8 nitrogen and oxygen atoms in total. The molecule has 3 N–H and O–H groups in total. The number of amides is 2. The number of piperidine rings is 1. The van der Waals surface area contributed by atoms with Gasteiger partial charge in [-0.1, -0.05) is 12.1 Å². The minimum atomic E-state index is -4.78. The number of hydrogen-bond donors (Lipinski definition) is 2. The lowest BCUT2D eigenvalue weighted by Crippen LogP contribution is -2.41. The van der Waals surface area contributed by atoms with Gasteiger partial charge in [0.25, 0.3) is 0 Å². The number of aromatic nitrogens is 3. The molecule has 0 saturated carbocycles. The molecule has 1 saturated heterocycles. The summed E-state index contributed by atoms with van der Waals surface area (Å²) in [7, 11) is 0. The fraction of sp³-hybridized carbons (Fsp3) is 0.333. The number of nitrogens with two attached hydrogens (primary N) is 1. The molecule has 39 heavy (non-hydrogen) atoms. The third-order valence-electron chi connectivity index (χ3n) is 6.01. The summed E-state index contributed by atoms with van der Waals surface area (Å²) in [4.78, 5) is 24.6. The minimum Gasteiger partial charge on any atom is -0.471 e. The van der Waals surface area contributed by atoms with Gasteiger partial charge in [0.1, 0.15) is 23.0 Å². The van der Waals surface area contributed by atoms with Crippen LogP contribution in [0.5, 0.6) is 5.88 Å². The lowest BCUT2D eigenvalue weighted by atomic mass is 9.89. The van der Waals surface area contributed by atoms with E-state index in [1.165, 1.54) is 4.90 Å². The van der Waals surface area contributed by atoms with Gasteiger partial charge in [0.2, 0.25) is 11.8 Å². The Morgan fingerprint density at radius 3 is 2.31 bits per heavy atom. The van der Waals surface area contributed by atoms with Crippen LogP contribution < -0.4 is 15.8 Å². The number of ether oxygens (including phenoxy) is 1. The standard InChI is InChI=1S/C24H21F7N6O2/c25-15-3-1-4-16(26)20(15)36-22(38)37-9-7-13(8-10-37)19-14(11-33-21(32)35-19)23(27,28)12-39-18-6-2-5-17(34-18)24(29,30)31/h1-6,11,13H,7-10,12H2,(H,36,38)(H2,32,33,35). The van der Waals surface area contributed by atoms with Crippen molar-refractivity contribution in [3.05, 3.63) is 71.2 Å². The Labute approximate surface area is 217 Å². The fourth-order valence-corrected chi connectivity index (χ4v) is 4.06. The number of anilines is 2. The third-order valence-corrected chi connectivity index (χ3v) is 6.01. The number of carbonyl (C=O) groups excluding carboxylic acids is 1. The van der Waals surface area contributed by atoms with Gasteiger partial charge in [-0.3, -0.25) is 0 Å². The van der Waals surface area contributed by atoms with Crippen LogP contribution in [0.1, 0.15) is 35.7 Å². The highest BCUT2D eigenvalue weighted by atomic mass is 19.4. The SMILES string of the molecule is Nc1ncc(C(F)(F)COc2cccc(C(F)(F)F)n2)c(C2CCN(C(=O)Nc3c(F)cccc3F)CC2)n1. The van der Waals surface area contributed by atoms with Crippen LogP contribution in [0.25, 0.3) is 0 Å². The summed E-state index contributed by atoms with van der Waals surface area (Å²) < 4.78 is 102. The topological polar surface area (TPSA) is 106 Å². The average Bonchev–Trinajstić information content (AvgIpc) is 2.89. The molecule has 1 aliphatic heterocycles. The van der Waals surface area contributed by atoms with Crippen LogP contribution in [0.4, 0.5) is 47.2 Å². The number of rotatable bonds is 6. The van der Waals surface area contributed by atoms with Gasteiger partial charge in [0.15, 0.2) is 6.61 Å². The zero-order chi connectivity index (χ0) is 28.4. The Bertz CT molecular complexity index is 1330. The van der Waals surface area contributed by atoms with Crippen molar-refractivity contribution in [1.29, 1.82) is 0 Å². The number of nitrogen functional groups attached to an aromatic ring is 1. The average molecular weight is 558 g/mol. The summed E-state index contributed by atoms with van der Waals surface area (Å²) in [6.07, 6.45) is -3.65. The van der Waals surface area contributed by atoms with Crippen LogP contribution in [-0.2, 0) is 12.1 Å². The van der Waals surface area contributed by atoms with E-state index in [9.17, 15) is 26.7 Å². The van der Waals surface area contributed by atoms with Crippen LogP contribution in [0.2, 0.25) is 0 Å². The number of halogens is 7. The first-order valence-corrected chi connectivity index (χ1v) is 11.5. The number of urea groups is 1. The number of hydrogen-bond acceptors (Lipinski definition) is 6. The van der Waals surface area contributed by atoms with Crippen molar-refractivity contribution in [2.45, 2.75) is 30.9 Å². The first kappa shape index (κ1) is 27.9. The number of para-hydroxylation sites is 1. The van der Waals surface area contributed by atoms with Gasteiger partial charge < -0.3 is 20.7 Å². The molecule has 208 valence electrons. The zero-order valence-electron chi connectivity index (χ0n) is 20.0. The molecule has 2 aromatic heterocycles. The molecular weight excluding hydrogens is 537 g/mol. The quantitative estimate of drug-likeness (QED) is 0.396. The summed E-state index contributed by atoms with van der Waals surface area (Å²) in [6.45, 7) is -1.25. The predicted molar refractivity (Wildman–Crippen MR) is 124 cm³/mol. The van der Waals surface area contributed by atoms with Crippen molar-refractivity contribution in [3.8, 4) is 5.88 Å². The zero-order valence-corrected chi connectivity index (χ0v) is 20.0.